The predicted octanol–water partition coefficient (Wildman–Crippen LogP) is 3.63. The van der Waals surface area contributed by atoms with Crippen LogP contribution in [0, 0.1) is 5.92 Å². The maximum Gasteiger partial charge on any atom is 0.352 e. The smallest absolute Gasteiger partial charge is 0.352 e. The molecular formula is C21H24Cl2N2O6. The van der Waals surface area contributed by atoms with Gasteiger partial charge < -0.3 is 19.9 Å². The Hall–Kier alpha value is -2.55. The van der Waals surface area contributed by atoms with Crippen molar-refractivity contribution in [3.05, 3.63) is 57.3 Å². The molecule has 0 amide bonds. The summed E-state index contributed by atoms with van der Waals surface area (Å²) in [4.78, 5) is 35.1. The molecule has 10 heteroatoms. The molecule has 1 heterocycles. The molecule has 31 heavy (non-hydrogen) atoms. The average molecular weight is 471 g/mol. The first-order valence-electron chi connectivity index (χ1n) is 9.56. The van der Waals surface area contributed by atoms with Crippen molar-refractivity contribution >= 4 is 41.1 Å². The van der Waals surface area contributed by atoms with E-state index in [2.05, 4.69) is 5.32 Å². The van der Waals surface area contributed by atoms with Gasteiger partial charge >= 0.3 is 17.9 Å². The largest absolute Gasteiger partial charge is 0.480 e. The van der Waals surface area contributed by atoms with Crippen LogP contribution in [0.1, 0.15) is 42.0 Å². The maximum absolute atomic E-state index is 11.8. The molecule has 1 aromatic carbocycles. The minimum Gasteiger partial charge on any atom is -0.480 e. The third-order valence-electron chi connectivity index (χ3n) is 4.67. The third kappa shape index (κ3) is 6.99. The van der Waals surface area contributed by atoms with Gasteiger partial charge in [-0.25, -0.2) is 4.79 Å². The molecule has 2 atom stereocenters. The lowest BCUT2D eigenvalue weighted by atomic mass is 10.0. The first kappa shape index (κ1) is 24.7. The van der Waals surface area contributed by atoms with E-state index in [0.29, 0.717) is 21.3 Å². The van der Waals surface area contributed by atoms with Crippen LogP contribution in [0.25, 0.3) is 0 Å². The number of aromatic nitrogens is 1. The van der Waals surface area contributed by atoms with Crippen molar-refractivity contribution in [2.45, 2.75) is 45.3 Å². The van der Waals surface area contributed by atoms with Crippen molar-refractivity contribution in [2.75, 3.05) is 0 Å². The number of aliphatic carboxylic acids is 2. The Labute approximate surface area is 189 Å². The Morgan fingerprint density at radius 2 is 1.55 bits per heavy atom. The second-order valence-corrected chi connectivity index (χ2v) is 8.53. The Balaban J connectivity index is 2.36. The van der Waals surface area contributed by atoms with Crippen LogP contribution in [0.15, 0.2) is 30.3 Å². The highest BCUT2D eigenvalue weighted by Crippen LogP contribution is 2.22. The van der Waals surface area contributed by atoms with Crippen LogP contribution in [-0.4, -0.2) is 49.9 Å². The van der Waals surface area contributed by atoms with Crippen LogP contribution in [0.5, 0.6) is 0 Å². The van der Waals surface area contributed by atoms with Crippen molar-refractivity contribution in [2.24, 2.45) is 5.92 Å². The second-order valence-electron chi connectivity index (χ2n) is 7.66. The number of carboxylic acids is 3. The van der Waals surface area contributed by atoms with Gasteiger partial charge in [0.05, 0.1) is 0 Å². The number of hydrogen-bond donors (Lipinski definition) is 4. The maximum atomic E-state index is 11.8. The van der Waals surface area contributed by atoms with E-state index in [9.17, 15) is 29.7 Å². The van der Waals surface area contributed by atoms with E-state index >= 15 is 0 Å². The van der Waals surface area contributed by atoms with Gasteiger partial charge in [0.1, 0.15) is 17.8 Å². The molecule has 2 rings (SSSR count). The minimum absolute atomic E-state index is 0.0350. The first-order chi connectivity index (χ1) is 14.5. The van der Waals surface area contributed by atoms with Crippen molar-refractivity contribution < 1.29 is 29.7 Å². The predicted molar refractivity (Wildman–Crippen MR) is 116 cm³/mol. The highest BCUT2D eigenvalue weighted by atomic mass is 35.5. The van der Waals surface area contributed by atoms with E-state index in [1.54, 1.807) is 18.2 Å². The van der Waals surface area contributed by atoms with Crippen LogP contribution in [0.3, 0.4) is 0 Å². The summed E-state index contributed by atoms with van der Waals surface area (Å²) in [7, 11) is 0. The molecule has 2 aromatic rings. The fourth-order valence-corrected chi connectivity index (χ4v) is 3.90. The lowest BCUT2D eigenvalue weighted by molar-refractivity contribution is -0.142. The number of carboxylic acid groups (broad SMARTS) is 3. The molecule has 168 valence electrons. The lowest BCUT2D eigenvalue weighted by Crippen LogP contribution is -2.49. The van der Waals surface area contributed by atoms with Crippen LogP contribution in [0.2, 0.25) is 10.0 Å². The van der Waals surface area contributed by atoms with Crippen molar-refractivity contribution in [1.82, 2.24) is 9.88 Å². The van der Waals surface area contributed by atoms with Gasteiger partial charge in [0.25, 0.3) is 0 Å². The van der Waals surface area contributed by atoms with E-state index in [-0.39, 0.29) is 31.0 Å². The van der Waals surface area contributed by atoms with E-state index in [1.165, 1.54) is 16.7 Å². The van der Waals surface area contributed by atoms with Gasteiger partial charge in [0.15, 0.2) is 0 Å². The topological polar surface area (TPSA) is 129 Å². The molecule has 1 aromatic heterocycles. The molecule has 0 aliphatic heterocycles. The molecule has 8 nitrogen and oxygen atoms in total. The normalized spacial score (nSPS) is 13.2. The molecular weight excluding hydrogens is 447 g/mol. The number of aromatic carboxylic acids is 1. The van der Waals surface area contributed by atoms with Crippen LogP contribution < -0.4 is 5.32 Å². The van der Waals surface area contributed by atoms with E-state index < -0.39 is 30.0 Å². The Bertz CT molecular complexity index is 953. The fraction of sp³-hybridized carbons (Fsp3) is 0.381. The zero-order valence-electron chi connectivity index (χ0n) is 17.0. The monoisotopic (exact) mass is 470 g/mol. The van der Waals surface area contributed by atoms with Gasteiger partial charge in [-0.1, -0.05) is 37.0 Å². The number of rotatable bonds is 11. The molecule has 0 aliphatic carbocycles. The molecule has 4 N–H and O–H groups in total. The Kier molecular flexibility index (Phi) is 8.50. The fourth-order valence-electron chi connectivity index (χ4n) is 3.33. The molecule has 0 aliphatic rings. The highest BCUT2D eigenvalue weighted by Gasteiger charge is 2.28. The summed E-state index contributed by atoms with van der Waals surface area (Å²) in [6, 6.07) is 5.45. The van der Waals surface area contributed by atoms with Gasteiger partial charge in [0.2, 0.25) is 0 Å². The molecule has 0 radical (unpaired) electrons. The van der Waals surface area contributed by atoms with Crippen molar-refractivity contribution in [3.8, 4) is 0 Å². The number of hydrogen-bond acceptors (Lipinski definition) is 4. The zero-order chi connectivity index (χ0) is 23.3. The summed E-state index contributed by atoms with van der Waals surface area (Å²) in [5.74, 6) is -3.51. The average Bonchev–Trinajstić information content (AvgIpc) is 3.01. The van der Waals surface area contributed by atoms with Gasteiger partial charge in [0, 0.05) is 28.7 Å². The van der Waals surface area contributed by atoms with Gasteiger partial charge in [-0.2, -0.15) is 0 Å². The van der Waals surface area contributed by atoms with Crippen LogP contribution in [-0.2, 0) is 22.6 Å². The molecule has 0 saturated heterocycles. The van der Waals surface area contributed by atoms with E-state index in [1.807, 2.05) is 13.8 Å². The zero-order valence-corrected chi connectivity index (χ0v) is 18.5. The third-order valence-corrected chi connectivity index (χ3v) is 5.11. The van der Waals surface area contributed by atoms with E-state index in [0.717, 1.165) is 0 Å². The summed E-state index contributed by atoms with van der Waals surface area (Å²) >= 11 is 12.1. The molecule has 0 unspecified atom stereocenters. The Morgan fingerprint density at radius 1 is 0.968 bits per heavy atom. The van der Waals surface area contributed by atoms with Gasteiger partial charge in [-0.3, -0.25) is 14.9 Å². The molecule has 0 fully saturated rings. The number of nitrogens with zero attached hydrogens (tertiary/aromatic N) is 1. The first-order valence-corrected chi connectivity index (χ1v) is 10.3. The van der Waals surface area contributed by atoms with Crippen molar-refractivity contribution in [3.63, 3.8) is 0 Å². The molecule has 0 bridgehead atoms. The SMILES string of the molecule is CC(C)C[C@H](N[C@@H](Cc1ccc(C(=O)O)n1Cc1cc(Cl)cc(Cl)c1)C(=O)O)C(=O)O. The summed E-state index contributed by atoms with van der Waals surface area (Å²) in [5, 5.41) is 32.1. The summed E-state index contributed by atoms with van der Waals surface area (Å²) in [5.41, 5.74) is 1.02. The lowest BCUT2D eigenvalue weighted by Gasteiger charge is -2.22. The number of halogens is 2. The summed E-state index contributed by atoms with van der Waals surface area (Å²) < 4.78 is 1.46. The minimum atomic E-state index is -1.23. The van der Waals surface area contributed by atoms with Gasteiger partial charge in [-0.05, 0) is 48.2 Å². The number of carbonyl (C=O) groups is 3. The summed E-state index contributed by atoms with van der Waals surface area (Å²) in [6.45, 7) is 3.78. The van der Waals surface area contributed by atoms with Crippen molar-refractivity contribution in [1.29, 1.82) is 0 Å². The van der Waals surface area contributed by atoms with Crippen LogP contribution >= 0.6 is 23.2 Å². The Morgan fingerprint density at radius 3 is 2.03 bits per heavy atom. The molecule has 0 spiro atoms. The quantitative estimate of drug-likeness (QED) is 0.394. The second kappa shape index (κ2) is 10.7. The highest BCUT2D eigenvalue weighted by molar-refractivity contribution is 6.34. The van der Waals surface area contributed by atoms with E-state index in [4.69, 9.17) is 23.2 Å². The number of benzene rings is 1. The molecule has 0 saturated carbocycles. The van der Waals surface area contributed by atoms with Gasteiger partial charge in [-0.15, -0.1) is 0 Å². The summed E-state index contributed by atoms with van der Waals surface area (Å²) in [6.07, 6.45) is 0.139. The van der Waals surface area contributed by atoms with Crippen LogP contribution in [0.4, 0.5) is 0 Å². The number of nitrogens with one attached hydrogen (secondary N) is 1. The standard InChI is InChI=1S/C21H24Cl2N2O6/c1-11(2)5-16(19(26)27)24-17(20(28)29)9-15-3-4-18(21(30)31)25(15)10-12-6-13(22)8-14(23)7-12/h3-4,6-8,11,16-17,24H,5,9-10H2,1-2H3,(H,26,27)(H,28,29)(H,30,31)/t16-,17-/m0/s1.